The third-order valence-electron chi connectivity index (χ3n) is 2.41. The van der Waals surface area contributed by atoms with Gasteiger partial charge in [-0.05, 0) is 6.42 Å². The molecular weight excluding hydrogens is 294 g/mol. The molecule has 5 nitrogen and oxygen atoms in total. The zero-order valence-electron chi connectivity index (χ0n) is 10.4. The number of hydrogen-bond donors (Lipinski definition) is 0. The molecule has 0 radical (unpaired) electrons. The molecule has 1 aromatic rings. The highest BCUT2D eigenvalue weighted by atomic mass is 32.2. The van der Waals surface area contributed by atoms with E-state index in [1.165, 1.54) is 18.3 Å². The Hall–Kier alpha value is -0.470. The van der Waals surface area contributed by atoms with Gasteiger partial charge in [0.25, 0.3) is 0 Å². The Labute approximate surface area is 112 Å². The molecule has 0 spiro atoms. The van der Waals surface area contributed by atoms with Gasteiger partial charge in [0.1, 0.15) is 0 Å². The number of nitrogens with zero attached hydrogens (tertiary/aromatic N) is 1. The van der Waals surface area contributed by atoms with Crippen LogP contribution in [0.3, 0.4) is 0 Å². The highest BCUT2D eigenvalue weighted by Gasteiger charge is 2.18. The van der Waals surface area contributed by atoms with Crippen molar-refractivity contribution in [1.29, 1.82) is 0 Å². The Morgan fingerprint density at radius 1 is 1.11 bits per heavy atom. The molecule has 0 N–H and O–H groups in total. The van der Waals surface area contributed by atoms with Gasteiger partial charge < -0.3 is 0 Å². The highest BCUT2D eigenvalue weighted by molar-refractivity contribution is 7.94. The SMILES string of the molecule is CCc1ncc(CS(=O)(=O)CCS(=O)(=O)CC)s1. The zero-order valence-corrected chi connectivity index (χ0v) is 12.9. The summed E-state index contributed by atoms with van der Waals surface area (Å²) in [6, 6.07) is 0. The lowest BCUT2D eigenvalue weighted by Crippen LogP contribution is -2.19. The maximum Gasteiger partial charge on any atom is 0.156 e. The minimum absolute atomic E-state index is 0.0247. The van der Waals surface area contributed by atoms with Gasteiger partial charge in [0.15, 0.2) is 19.7 Å². The molecule has 0 amide bonds. The number of aryl methyl sites for hydroxylation is 1. The molecule has 0 saturated heterocycles. The zero-order chi connectivity index (χ0) is 13.8. The molecule has 8 heteroatoms. The first-order chi connectivity index (χ1) is 8.28. The Morgan fingerprint density at radius 3 is 2.22 bits per heavy atom. The summed E-state index contributed by atoms with van der Waals surface area (Å²) in [5.74, 6) is -0.763. The Kier molecular flexibility index (Phi) is 5.30. The maximum absolute atomic E-state index is 11.8. The largest absolute Gasteiger partial charge is 0.249 e. The lowest BCUT2D eigenvalue weighted by Gasteiger charge is -2.02. The number of thiazole rings is 1. The van der Waals surface area contributed by atoms with Crippen molar-refractivity contribution in [2.24, 2.45) is 0 Å². The fourth-order valence-electron chi connectivity index (χ4n) is 1.27. The lowest BCUT2D eigenvalue weighted by molar-refractivity contribution is 0.588. The van der Waals surface area contributed by atoms with Gasteiger partial charge in [0, 0.05) is 16.8 Å². The third kappa shape index (κ3) is 5.03. The van der Waals surface area contributed by atoms with Crippen LogP contribution in [0.15, 0.2) is 6.20 Å². The second-order valence-electron chi connectivity index (χ2n) is 3.90. The predicted octanol–water partition coefficient (Wildman–Crippen LogP) is 1.05. The van der Waals surface area contributed by atoms with E-state index < -0.39 is 19.7 Å². The number of rotatable bonds is 7. The summed E-state index contributed by atoms with van der Waals surface area (Å²) >= 11 is 1.36. The highest BCUT2D eigenvalue weighted by Crippen LogP contribution is 2.16. The van der Waals surface area contributed by atoms with E-state index in [4.69, 9.17) is 0 Å². The topological polar surface area (TPSA) is 81.2 Å². The van der Waals surface area contributed by atoms with Gasteiger partial charge in [0.2, 0.25) is 0 Å². The van der Waals surface area contributed by atoms with Gasteiger partial charge in [-0.2, -0.15) is 0 Å². The summed E-state index contributed by atoms with van der Waals surface area (Å²) in [4.78, 5) is 4.75. The molecule has 104 valence electrons. The average molecular weight is 311 g/mol. The quantitative estimate of drug-likeness (QED) is 0.752. The molecule has 18 heavy (non-hydrogen) atoms. The smallest absolute Gasteiger partial charge is 0.156 e. The summed E-state index contributed by atoms with van der Waals surface area (Å²) in [7, 11) is -6.62. The van der Waals surface area contributed by atoms with Crippen LogP contribution in [-0.4, -0.2) is 39.1 Å². The van der Waals surface area contributed by atoms with Gasteiger partial charge in [-0.1, -0.05) is 13.8 Å². The van der Waals surface area contributed by atoms with E-state index in [0.29, 0.717) is 4.88 Å². The molecule has 0 aromatic carbocycles. The molecular formula is C10H17NO4S3. The van der Waals surface area contributed by atoms with E-state index in [1.54, 1.807) is 6.20 Å². The van der Waals surface area contributed by atoms with Crippen LogP contribution in [-0.2, 0) is 31.8 Å². The minimum Gasteiger partial charge on any atom is -0.249 e. The predicted molar refractivity (Wildman–Crippen MR) is 73.3 cm³/mol. The minimum atomic E-state index is -3.38. The fraction of sp³-hybridized carbons (Fsp3) is 0.700. The summed E-state index contributed by atoms with van der Waals surface area (Å²) in [5.41, 5.74) is 0. The molecule has 0 atom stereocenters. The van der Waals surface area contributed by atoms with E-state index in [9.17, 15) is 16.8 Å². The Bertz CT molecular complexity index is 586. The van der Waals surface area contributed by atoms with Crippen molar-refractivity contribution in [2.75, 3.05) is 17.3 Å². The van der Waals surface area contributed by atoms with Crippen molar-refractivity contribution in [2.45, 2.75) is 26.0 Å². The van der Waals surface area contributed by atoms with Gasteiger partial charge >= 0.3 is 0 Å². The fourth-order valence-corrected chi connectivity index (χ4v) is 5.67. The Morgan fingerprint density at radius 2 is 1.72 bits per heavy atom. The van der Waals surface area contributed by atoms with Crippen LogP contribution >= 0.6 is 11.3 Å². The first kappa shape index (κ1) is 15.6. The van der Waals surface area contributed by atoms with Gasteiger partial charge in [-0.15, -0.1) is 11.3 Å². The molecule has 0 fully saturated rings. The van der Waals surface area contributed by atoms with Crippen molar-refractivity contribution >= 4 is 31.0 Å². The molecule has 1 aromatic heterocycles. The van der Waals surface area contributed by atoms with Crippen molar-refractivity contribution in [3.8, 4) is 0 Å². The second-order valence-corrected chi connectivity index (χ2v) is 9.76. The molecule has 0 aliphatic carbocycles. The van der Waals surface area contributed by atoms with Gasteiger partial charge in [-0.3, -0.25) is 0 Å². The van der Waals surface area contributed by atoms with Crippen molar-refractivity contribution in [1.82, 2.24) is 4.98 Å². The molecule has 0 unspecified atom stereocenters. The lowest BCUT2D eigenvalue weighted by atomic mass is 10.5. The van der Waals surface area contributed by atoms with Gasteiger partial charge in [-0.25, -0.2) is 21.8 Å². The summed E-state index contributed by atoms with van der Waals surface area (Å²) < 4.78 is 46.1. The average Bonchev–Trinajstić information content (AvgIpc) is 2.74. The van der Waals surface area contributed by atoms with E-state index in [1.807, 2.05) is 6.92 Å². The van der Waals surface area contributed by atoms with Crippen molar-refractivity contribution in [3.05, 3.63) is 16.1 Å². The van der Waals surface area contributed by atoms with Crippen LogP contribution in [0.2, 0.25) is 0 Å². The van der Waals surface area contributed by atoms with E-state index in [-0.39, 0.29) is 23.0 Å². The first-order valence-corrected chi connectivity index (χ1v) is 10.1. The first-order valence-electron chi connectivity index (χ1n) is 5.62. The molecule has 0 aliphatic heterocycles. The van der Waals surface area contributed by atoms with Crippen LogP contribution < -0.4 is 0 Å². The van der Waals surface area contributed by atoms with E-state index >= 15 is 0 Å². The van der Waals surface area contributed by atoms with Crippen molar-refractivity contribution < 1.29 is 16.8 Å². The number of hydrogen-bond acceptors (Lipinski definition) is 6. The standard InChI is InChI=1S/C10H17NO4S3/c1-3-10-11-7-9(16-10)8-18(14,15)6-5-17(12,13)4-2/h7H,3-6,8H2,1-2H3. The molecule has 0 saturated carbocycles. The number of sulfone groups is 2. The van der Waals surface area contributed by atoms with E-state index in [0.717, 1.165) is 11.4 Å². The normalized spacial score (nSPS) is 12.8. The Balaban J connectivity index is 2.65. The molecule has 0 aliphatic rings. The van der Waals surface area contributed by atoms with Crippen LogP contribution in [0.5, 0.6) is 0 Å². The maximum atomic E-state index is 11.8. The van der Waals surface area contributed by atoms with Gasteiger partial charge in [0.05, 0.1) is 22.3 Å². The van der Waals surface area contributed by atoms with Crippen LogP contribution in [0, 0.1) is 0 Å². The summed E-state index contributed by atoms with van der Waals surface area (Å²) in [6.45, 7) is 3.46. The van der Waals surface area contributed by atoms with Crippen LogP contribution in [0.1, 0.15) is 23.7 Å². The number of aromatic nitrogens is 1. The van der Waals surface area contributed by atoms with Crippen LogP contribution in [0.25, 0.3) is 0 Å². The second kappa shape index (κ2) is 6.12. The molecule has 0 bridgehead atoms. The molecule has 1 rings (SSSR count). The van der Waals surface area contributed by atoms with E-state index in [2.05, 4.69) is 4.98 Å². The molecule has 1 heterocycles. The summed E-state index contributed by atoms with van der Waals surface area (Å²) in [6.07, 6.45) is 2.32. The van der Waals surface area contributed by atoms with Crippen LogP contribution in [0.4, 0.5) is 0 Å². The monoisotopic (exact) mass is 311 g/mol. The third-order valence-corrected chi connectivity index (χ3v) is 7.28. The van der Waals surface area contributed by atoms with Crippen molar-refractivity contribution in [3.63, 3.8) is 0 Å². The summed E-state index contributed by atoms with van der Waals surface area (Å²) in [5, 5.41) is 0.890.